The van der Waals surface area contributed by atoms with Gasteiger partial charge in [0.15, 0.2) is 11.5 Å². The highest BCUT2D eigenvalue weighted by atomic mass is 16.6. The molecule has 0 aromatic heterocycles. The number of hydrogen-bond donors (Lipinski definition) is 2. The highest BCUT2D eigenvalue weighted by molar-refractivity contribution is 5.73. The number of carboxylic acid groups (broad SMARTS) is 1. The third-order valence-corrected chi connectivity index (χ3v) is 3.82. The van der Waals surface area contributed by atoms with E-state index in [4.69, 9.17) is 14.6 Å². The zero-order valence-corrected chi connectivity index (χ0v) is 10.8. The van der Waals surface area contributed by atoms with Crippen LogP contribution in [0.3, 0.4) is 0 Å². The zero-order chi connectivity index (χ0) is 13.4. The van der Waals surface area contributed by atoms with Gasteiger partial charge in [0.25, 0.3) is 0 Å². The van der Waals surface area contributed by atoms with Gasteiger partial charge in [0, 0.05) is 6.04 Å². The predicted octanol–water partition coefficient (Wildman–Crippen LogP) is 1.44. The van der Waals surface area contributed by atoms with Crippen LogP contribution in [0.5, 0.6) is 11.5 Å². The van der Waals surface area contributed by atoms with E-state index in [0.717, 1.165) is 23.5 Å². The van der Waals surface area contributed by atoms with Crippen LogP contribution in [0.25, 0.3) is 0 Å². The molecule has 3 rings (SSSR count). The SMILES string of the molecule is CNC(c1ccc2c(c1)OCCO2)C1CC1C(=O)O. The second kappa shape index (κ2) is 4.74. The molecule has 2 N–H and O–H groups in total. The average Bonchev–Trinajstić information content (AvgIpc) is 3.20. The van der Waals surface area contributed by atoms with Crippen molar-refractivity contribution in [1.29, 1.82) is 0 Å². The van der Waals surface area contributed by atoms with Crippen LogP contribution < -0.4 is 14.8 Å². The molecule has 3 unspecified atom stereocenters. The molecule has 0 saturated heterocycles. The summed E-state index contributed by atoms with van der Waals surface area (Å²) in [5, 5.41) is 12.2. The molecule has 0 amide bonds. The summed E-state index contributed by atoms with van der Waals surface area (Å²) in [6.45, 7) is 1.13. The van der Waals surface area contributed by atoms with Crippen molar-refractivity contribution in [1.82, 2.24) is 5.32 Å². The van der Waals surface area contributed by atoms with Crippen molar-refractivity contribution in [2.24, 2.45) is 11.8 Å². The Morgan fingerprint density at radius 3 is 2.74 bits per heavy atom. The van der Waals surface area contributed by atoms with Crippen LogP contribution in [-0.2, 0) is 4.79 Å². The van der Waals surface area contributed by atoms with Gasteiger partial charge in [-0.05, 0) is 37.1 Å². The summed E-state index contributed by atoms with van der Waals surface area (Å²) in [6, 6.07) is 5.88. The van der Waals surface area contributed by atoms with E-state index in [1.807, 2.05) is 25.2 Å². The molecule has 1 aliphatic carbocycles. The lowest BCUT2D eigenvalue weighted by molar-refractivity contribution is -0.138. The van der Waals surface area contributed by atoms with Crippen LogP contribution in [0, 0.1) is 11.8 Å². The Morgan fingerprint density at radius 2 is 2.11 bits per heavy atom. The smallest absolute Gasteiger partial charge is 0.306 e. The number of rotatable bonds is 4. The van der Waals surface area contributed by atoms with Gasteiger partial charge < -0.3 is 19.9 Å². The molecule has 5 heteroatoms. The Morgan fingerprint density at radius 1 is 1.37 bits per heavy atom. The Kier molecular flexibility index (Phi) is 3.06. The third-order valence-electron chi connectivity index (χ3n) is 3.82. The first-order chi connectivity index (χ1) is 9.20. The van der Waals surface area contributed by atoms with Gasteiger partial charge in [0.2, 0.25) is 0 Å². The van der Waals surface area contributed by atoms with Crippen LogP contribution in [0.2, 0.25) is 0 Å². The summed E-state index contributed by atoms with van der Waals surface area (Å²) in [5.74, 6) is 0.727. The van der Waals surface area contributed by atoms with Gasteiger partial charge in [-0.2, -0.15) is 0 Å². The van der Waals surface area contributed by atoms with E-state index in [9.17, 15) is 4.79 Å². The van der Waals surface area contributed by atoms with E-state index in [1.165, 1.54) is 0 Å². The number of nitrogens with one attached hydrogen (secondary N) is 1. The van der Waals surface area contributed by atoms with Crippen LogP contribution >= 0.6 is 0 Å². The number of ether oxygens (including phenoxy) is 2. The standard InChI is InChI=1S/C14H17NO4/c1-15-13(9-7-10(9)14(16)17)8-2-3-11-12(6-8)19-5-4-18-11/h2-3,6,9-10,13,15H,4-5,7H2,1H3,(H,16,17). The summed E-state index contributed by atoms with van der Waals surface area (Å²) < 4.78 is 11.1. The summed E-state index contributed by atoms with van der Waals surface area (Å²) in [7, 11) is 1.86. The van der Waals surface area contributed by atoms with Crippen molar-refractivity contribution in [3.8, 4) is 11.5 Å². The summed E-state index contributed by atoms with van der Waals surface area (Å²) in [5.41, 5.74) is 1.06. The number of benzene rings is 1. The van der Waals surface area contributed by atoms with Gasteiger partial charge in [-0.1, -0.05) is 6.07 Å². The fraction of sp³-hybridized carbons (Fsp3) is 0.500. The Balaban J connectivity index is 1.82. The molecule has 1 fully saturated rings. The van der Waals surface area contributed by atoms with Gasteiger partial charge in [0.05, 0.1) is 5.92 Å². The molecule has 102 valence electrons. The van der Waals surface area contributed by atoms with Crippen LogP contribution in [0.15, 0.2) is 18.2 Å². The molecule has 1 heterocycles. The molecule has 0 bridgehead atoms. The number of carbonyl (C=O) groups is 1. The first-order valence-electron chi connectivity index (χ1n) is 6.50. The molecule has 2 aliphatic rings. The highest BCUT2D eigenvalue weighted by Gasteiger charge is 2.48. The van der Waals surface area contributed by atoms with E-state index < -0.39 is 5.97 Å². The van der Waals surface area contributed by atoms with Crippen LogP contribution in [0.4, 0.5) is 0 Å². The maximum absolute atomic E-state index is 11.0. The predicted molar refractivity (Wildman–Crippen MR) is 68.5 cm³/mol. The molecule has 5 nitrogen and oxygen atoms in total. The monoisotopic (exact) mass is 263 g/mol. The van der Waals surface area contributed by atoms with E-state index in [1.54, 1.807) is 0 Å². The Labute approximate surface area is 111 Å². The summed E-state index contributed by atoms with van der Waals surface area (Å²) >= 11 is 0. The molecule has 3 atom stereocenters. The van der Waals surface area contributed by atoms with Crippen molar-refractivity contribution < 1.29 is 19.4 Å². The highest BCUT2D eigenvalue weighted by Crippen LogP contribution is 2.48. The zero-order valence-electron chi connectivity index (χ0n) is 10.8. The number of hydrogen-bond acceptors (Lipinski definition) is 4. The minimum atomic E-state index is -0.706. The van der Waals surface area contributed by atoms with E-state index in [2.05, 4.69) is 5.32 Å². The van der Waals surface area contributed by atoms with Crippen LogP contribution in [0.1, 0.15) is 18.0 Å². The topological polar surface area (TPSA) is 67.8 Å². The molecule has 1 aromatic rings. The maximum atomic E-state index is 11.0. The number of carboxylic acids is 1. The van der Waals surface area contributed by atoms with Crippen molar-refractivity contribution >= 4 is 5.97 Å². The fourth-order valence-corrected chi connectivity index (χ4v) is 2.75. The van der Waals surface area contributed by atoms with Crippen molar-refractivity contribution in [2.45, 2.75) is 12.5 Å². The lowest BCUT2D eigenvalue weighted by Gasteiger charge is -2.22. The average molecular weight is 263 g/mol. The van der Waals surface area contributed by atoms with Crippen molar-refractivity contribution in [3.63, 3.8) is 0 Å². The van der Waals surface area contributed by atoms with Gasteiger partial charge >= 0.3 is 5.97 Å². The van der Waals surface area contributed by atoms with Crippen molar-refractivity contribution in [3.05, 3.63) is 23.8 Å². The van der Waals surface area contributed by atoms with Gasteiger partial charge in [-0.25, -0.2) is 0 Å². The first kappa shape index (κ1) is 12.3. The van der Waals surface area contributed by atoms with E-state index >= 15 is 0 Å². The fourth-order valence-electron chi connectivity index (χ4n) is 2.75. The molecule has 19 heavy (non-hydrogen) atoms. The quantitative estimate of drug-likeness (QED) is 0.860. The maximum Gasteiger partial charge on any atom is 0.306 e. The lowest BCUT2D eigenvalue weighted by atomic mass is 10.0. The third kappa shape index (κ3) is 2.26. The summed E-state index contributed by atoms with van der Waals surface area (Å²) in [4.78, 5) is 11.0. The van der Waals surface area contributed by atoms with Gasteiger partial charge in [0.1, 0.15) is 13.2 Å². The molecule has 1 aromatic carbocycles. The second-order valence-electron chi connectivity index (χ2n) is 5.01. The van der Waals surface area contributed by atoms with Gasteiger partial charge in [-0.3, -0.25) is 4.79 Å². The lowest BCUT2D eigenvalue weighted by Crippen LogP contribution is -2.21. The van der Waals surface area contributed by atoms with E-state index in [0.29, 0.717) is 13.2 Å². The molecular formula is C14H17NO4. The minimum absolute atomic E-state index is 0.0527. The second-order valence-corrected chi connectivity index (χ2v) is 5.01. The minimum Gasteiger partial charge on any atom is -0.486 e. The Hall–Kier alpha value is -1.75. The molecular weight excluding hydrogens is 246 g/mol. The van der Waals surface area contributed by atoms with E-state index in [-0.39, 0.29) is 17.9 Å². The number of fused-ring (bicyclic) bond motifs is 1. The largest absolute Gasteiger partial charge is 0.486 e. The Bertz CT molecular complexity index is 502. The molecule has 0 spiro atoms. The van der Waals surface area contributed by atoms with Gasteiger partial charge in [-0.15, -0.1) is 0 Å². The normalized spacial score (nSPS) is 25.7. The van der Waals surface area contributed by atoms with Crippen LogP contribution in [-0.4, -0.2) is 31.3 Å². The molecule has 1 aliphatic heterocycles. The first-order valence-corrected chi connectivity index (χ1v) is 6.50. The molecule has 1 saturated carbocycles. The summed E-state index contributed by atoms with van der Waals surface area (Å²) in [6.07, 6.45) is 0.731. The van der Waals surface area contributed by atoms with Crippen molar-refractivity contribution in [2.75, 3.05) is 20.3 Å². The number of aliphatic carboxylic acids is 1. The molecule has 0 radical (unpaired) electrons.